The monoisotopic (exact) mass is 416 g/mol. The molecular formula is C20H36N2O7. The van der Waals surface area contributed by atoms with Gasteiger partial charge in [-0.05, 0) is 53.4 Å². The Morgan fingerprint density at radius 2 is 0.897 bits per heavy atom. The van der Waals surface area contributed by atoms with Crippen molar-refractivity contribution in [1.82, 2.24) is 10.6 Å². The second-order valence-electron chi connectivity index (χ2n) is 9.48. The van der Waals surface area contributed by atoms with Gasteiger partial charge in [0.1, 0.15) is 23.3 Å². The van der Waals surface area contributed by atoms with Gasteiger partial charge in [-0.3, -0.25) is 0 Å². The number of nitrogens with one attached hydrogen (secondary N) is 2. The summed E-state index contributed by atoms with van der Waals surface area (Å²) in [5.41, 5.74) is -1.49. The lowest BCUT2D eigenvalue weighted by Crippen LogP contribution is -2.51. The molecule has 9 heteroatoms. The molecule has 0 aromatic carbocycles. The molecule has 2 amide bonds. The van der Waals surface area contributed by atoms with Crippen LogP contribution in [-0.2, 0) is 23.8 Å². The minimum Gasteiger partial charge on any atom is -0.444 e. The van der Waals surface area contributed by atoms with Crippen LogP contribution in [-0.4, -0.2) is 47.4 Å². The summed E-state index contributed by atoms with van der Waals surface area (Å²) in [4.78, 5) is 48.9. The fraction of sp³-hybridized carbons (Fsp3) is 0.800. The number of esters is 2. The molecule has 0 heterocycles. The van der Waals surface area contributed by atoms with Crippen LogP contribution in [0.1, 0.15) is 69.2 Å². The number of carbonyl (C=O) groups excluding carboxylic acids is 4. The zero-order valence-electron chi connectivity index (χ0n) is 19.2. The highest BCUT2D eigenvalue weighted by Gasteiger charge is 2.34. The van der Waals surface area contributed by atoms with Crippen LogP contribution >= 0.6 is 0 Å². The highest BCUT2D eigenvalue weighted by Crippen LogP contribution is 2.12. The van der Waals surface area contributed by atoms with Crippen molar-refractivity contribution < 1.29 is 33.4 Å². The molecule has 0 unspecified atom stereocenters. The van der Waals surface area contributed by atoms with Gasteiger partial charge in [0.15, 0.2) is 0 Å². The Balaban J connectivity index is 5.14. The summed E-state index contributed by atoms with van der Waals surface area (Å²) in [6.45, 7) is 16.9. The lowest BCUT2D eigenvalue weighted by Gasteiger charge is -2.26. The summed E-state index contributed by atoms with van der Waals surface area (Å²) in [6, 6.07) is -2.19. The summed E-state index contributed by atoms with van der Waals surface area (Å²) in [5, 5.41) is 4.84. The maximum Gasteiger partial charge on any atom is 0.408 e. The maximum atomic E-state index is 12.5. The SMILES string of the molecule is CC(C)[C@@H](NC(=O)OC(C)(C)C)C(=O)OC(=O)[C@H](NC(=O)OC(C)(C)C)C(C)C. The predicted molar refractivity (Wildman–Crippen MR) is 107 cm³/mol. The summed E-state index contributed by atoms with van der Waals surface area (Å²) in [6.07, 6.45) is -1.60. The molecule has 0 aliphatic rings. The average Bonchev–Trinajstić information content (AvgIpc) is 2.45. The molecule has 0 spiro atoms. The molecule has 0 rings (SSSR count). The van der Waals surface area contributed by atoms with Crippen molar-refractivity contribution in [2.45, 2.75) is 92.5 Å². The third kappa shape index (κ3) is 11.3. The van der Waals surface area contributed by atoms with Gasteiger partial charge in [-0.15, -0.1) is 0 Å². The van der Waals surface area contributed by atoms with Crippen LogP contribution in [0.4, 0.5) is 9.59 Å². The first-order valence-electron chi connectivity index (χ1n) is 9.67. The quantitative estimate of drug-likeness (QED) is 0.388. The minimum atomic E-state index is -1.09. The molecule has 0 aromatic rings. The van der Waals surface area contributed by atoms with Gasteiger partial charge in [-0.1, -0.05) is 27.7 Å². The molecule has 0 aliphatic carbocycles. The lowest BCUT2D eigenvalue weighted by atomic mass is 10.0. The zero-order valence-corrected chi connectivity index (χ0v) is 19.2. The van der Waals surface area contributed by atoms with Crippen LogP contribution in [0.5, 0.6) is 0 Å². The smallest absolute Gasteiger partial charge is 0.408 e. The molecule has 0 saturated carbocycles. The molecule has 168 valence electrons. The van der Waals surface area contributed by atoms with Crippen molar-refractivity contribution in [3.05, 3.63) is 0 Å². The Bertz CT molecular complexity index is 549. The molecule has 29 heavy (non-hydrogen) atoms. The van der Waals surface area contributed by atoms with Crippen LogP contribution in [0.2, 0.25) is 0 Å². The van der Waals surface area contributed by atoms with E-state index in [1.54, 1.807) is 69.2 Å². The van der Waals surface area contributed by atoms with E-state index in [-0.39, 0.29) is 11.8 Å². The number of carbonyl (C=O) groups is 4. The van der Waals surface area contributed by atoms with Crippen molar-refractivity contribution in [3.8, 4) is 0 Å². The topological polar surface area (TPSA) is 120 Å². The number of rotatable bonds is 6. The van der Waals surface area contributed by atoms with E-state index < -0.39 is 47.4 Å². The summed E-state index contributed by atoms with van der Waals surface area (Å²) in [7, 11) is 0. The Morgan fingerprint density at radius 1 is 0.621 bits per heavy atom. The first-order valence-corrected chi connectivity index (χ1v) is 9.67. The van der Waals surface area contributed by atoms with Gasteiger partial charge >= 0.3 is 24.1 Å². The molecule has 0 aromatic heterocycles. The van der Waals surface area contributed by atoms with Crippen molar-refractivity contribution >= 4 is 24.1 Å². The first-order chi connectivity index (χ1) is 12.9. The van der Waals surface area contributed by atoms with Crippen molar-refractivity contribution in [2.75, 3.05) is 0 Å². The lowest BCUT2D eigenvalue weighted by molar-refractivity contribution is -0.164. The van der Waals surface area contributed by atoms with E-state index in [1.807, 2.05) is 0 Å². The molecule has 0 radical (unpaired) electrons. The van der Waals surface area contributed by atoms with Crippen LogP contribution in [0.3, 0.4) is 0 Å². The predicted octanol–water partition coefficient (Wildman–Crippen LogP) is 3.15. The van der Waals surface area contributed by atoms with Gasteiger partial charge in [0, 0.05) is 0 Å². The number of alkyl carbamates (subject to hydrolysis) is 2. The van der Waals surface area contributed by atoms with Gasteiger partial charge in [-0.2, -0.15) is 0 Å². The molecule has 0 saturated heterocycles. The standard InChI is InChI=1S/C20H36N2O7/c1-11(2)13(21-17(25)28-19(5,6)7)15(23)27-16(24)14(12(3)4)22-18(26)29-20(8,9)10/h11-14H,1-10H3,(H,21,25)(H,22,26)/t13-,14-/m1/s1. The number of ether oxygens (including phenoxy) is 3. The molecule has 0 aliphatic heterocycles. The van der Waals surface area contributed by atoms with Gasteiger partial charge in [-0.25, -0.2) is 19.2 Å². The van der Waals surface area contributed by atoms with E-state index >= 15 is 0 Å². The van der Waals surface area contributed by atoms with Gasteiger partial charge in [0.2, 0.25) is 0 Å². The second kappa shape index (κ2) is 10.5. The average molecular weight is 417 g/mol. The third-order valence-electron chi connectivity index (χ3n) is 3.39. The zero-order chi connectivity index (χ0) is 23.2. The number of hydrogen-bond donors (Lipinski definition) is 2. The van der Waals surface area contributed by atoms with E-state index in [1.165, 1.54) is 0 Å². The minimum absolute atomic E-state index is 0.362. The Kier molecular flexibility index (Phi) is 9.62. The number of hydrogen-bond acceptors (Lipinski definition) is 7. The molecule has 0 bridgehead atoms. The van der Waals surface area contributed by atoms with E-state index in [2.05, 4.69) is 10.6 Å². The van der Waals surface area contributed by atoms with Crippen molar-refractivity contribution in [1.29, 1.82) is 0 Å². The van der Waals surface area contributed by atoms with Crippen molar-refractivity contribution in [3.63, 3.8) is 0 Å². The summed E-state index contributed by atoms with van der Waals surface area (Å²) in [5.74, 6) is -2.60. The Hall–Kier alpha value is -2.32. The van der Waals surface area contributed by atoms with E-state index in [9.17, 15) is 19.2 Å². The third-order valence-corrected chi connectivity index (χ3v) is 3.39. The second-order valence-corrected chi connectivity index (χ2v) is 9.48. The van der Waals surface area contributed by atoms with Gasteiger partial charge in [0.05, 0.1) is 0 Å². The van der Waals surface area contributed by atoms with Crippen LogP contribution in [0, 0.1) is 11.8 Å². The molecule has 2 N–H and O–H groups in total. The van der Waals surface area contributed by atoms with Crippen molar-refractivity contribution in [2.24, 2.45) is 11.8 Å². The van der Waals surface area contributed by atoms with Gasteiger partial charge in [0.25, 0.3) is 0 Å². The number of amides is 2. The fourth-order valence-electron chi connectivity index (χ4n) is 2.09. The maximum absolute atomic E-state index is 12.5. The van der Waals surface area contributed by atoms with E-state index in [0.717, 1.165) is 0 Å². The molecule has 2 atom stereocenters. The Labute approximate surface area is 173 Å². The van der Waals surface area contributed by atoms with E-state index in [4.69, 9.17) is 14.2 Å². The van der Waals surface area contributed by atoms with Crippen LogP contribution in [0.15, 0.2) is 0 Å². The molecule has 9 nitrogen and oxygen atoms in total. The largest absolute Gasteiger partial charge is 0.444 e. The molecule has 0 fully saturated rings. The highest BCUT2D eigenvalue weighted by molar-refractivity contribution is 5.93. The molecular weight excluding hydrogens is 380 g/mol. The fourth-order valence-corrected chi connectivity index (χ4v) is 2.09. The highest BCUT2D eigenvalue weighted by atomic mass is 16.6. The van der Waals surface area contributed by atoms with E-state index in [0.29, 0.717) is 0 Å². The Morgan fingerprint density at radius 3 is 1.10 bits per heavy atom. The normalized spacial score (nSPS) is 14.1. The van der Waals surface area contributed by atoms with Crippen LogP contribution in [0.25, 0.3) is 0 Å². The first kappa shape index (κ1) is 26.7. The summed E-state index contributed by atoms with van der Waals surface area (Å²) < 4.78 is 15.2. The van der Waals surface area contributed by atoms with Gasteiger partial charge < -0.3 is 24.8 Å². The van der Waals surface area contributed by atoms with Crippen LogP contribution < -0.4 is 10.6 Å². The summed E-state index contributed by atoms with van der Waals surface area (Å²) >= 11 is 0.